The van der Waals surface area contributed by atoms with Crippen molar-refractivity contribution in [3.05, 3.63) is 94.0 Å². The van der Waals surface area contributed by atoms with Gasteiger partial charge in [0, 0.05) is 11.8 Å². The molecule has 0 aliphatic carbocycles. The van der Waals surface area contributed by atoms with Gasteiger partial charge in [0.05, 0.1) is 49.1 Å². The van der Waals surface area contributed by atoms with Crippen molar-refractivity contribution in [2.45, 2.75) is 6.04 Å². The van der Waals surface area contributed by atoms with Crippen LogP contribution in [0.3, 0.4) is 0 Å². The van der Waals surface area contributed by atoms with Gasteiger partial charge in [-0.05, 0) is 35.9 Å². The van der Waals surface area contributed by atoms with Gasteiger partial charge >= 0.3 is 5.97 Å². The molecule has 0 aromatic heterocycles. The highest BCUT2D eigenvalue weighted by Crippen LogP contribution is 2.44. The minimum absolute atomic E-state index is 0.133. The fraction of sp³-hybridized carbons (Fsp3) is 0.148. The highest BCUT2D eigenvalue weighted by molar-refractivity contribution is 6.51. The van der Waals surface area contributed by atoms with Gasteiger partial charge in [-0.1, -0.05) is 41.9 Å². The van der Waals surface area contributed by atoms with E-state index in [1.165, 1.54) is 50.5 Å². The van der Waals surface area contributed by atoms with Crippen molar-refractivity contribution in [3.8, 4) is 11.5 Å². The maximum atomic E-state index is 13.3. The van der Waals surface area contributed by atoms with Gasteiger partial charge in [-0.25, -0.2) is 4.79 Å². The number of halogens is 1. The van der Waals surface area contributed by atoms with Crippen LogP contribution in [0.5, 0.6) is 11.5 Å². The molecule has 9 heteroatoms. The monoisotopic (exact) mass is 507 g/mol. The average molecular weight is 508 g/mol. The van der Waals surface area contributed by atoms with Gasteiger partial charge in [-0.3, -0.25) is 14.5 Å². The molecule has 1 saturated heterocycles. The zero-order valence-electron chi connectivity index (χ0n) is 19.7. The number of carbonyl (C=O) groups is 3. The molecule has 1 atom stereocenters. The average Bonchev–Trinajstić information content (AvgIpc) is 3.18. The van der Waals surface area contributed by atoms with Crippen LogP contribution in [-0.2, 0) is 14.3 Å². The molecule has 1 fully saturated rings. The highest BCUT2D eigenvalue weighted by Gasteiger charge is 2.47. The Morgan fingerprint density at radius 1 is 0.917 bits per heavy atom. The topological polar surface area (TPSA) is 102 Å². The van der Waals surface area contributed by atoms with Crippen LogP contribution in [0.4, 0.5) is 5.69 Å². The summed E-state index contributed by atoms with van der Waals surface area (Å²) in [6.07, 6.45) is 0. The summed E-state index contributed by atoms with van der Waals surface area (Å²) in [5.41, 5.74) is 1.24. The van der Waals surface area contributed by atoms with E-state index in [0.29, 0.717) is 11.3 Å². The molecule has 4 rings (SSSR count). The number of anilines is 1. The molecule has 1 unspecified atom stereocenters. The van der Waals surface area contributed by atoms with Crippen LogP contribution in [0.2, 0.25) is 5.02 Å². The van der Waals surface area contributed by atoms with Crippen LogP contribution < -0.4 is 14.4 Å². The minimum atomic E-state index is -0.957. The maximum absolute atomic E-state index is 13.3. The highest BCUT2D eigenvalue weighted by atomic mass is 35.5. The predicted molar refractivity (Wildman–Crippen MR) is 134 cm³/mol. The van der Waals surface area contributed by atoms with Crippen LogP contribution >= 0.6 is 11.6 Å². The van der Waals surface area contributed by atoms with Crippen molar-refractivity contribution in [1.29, 1.82) is 0 Å². The van der Waals surface area contributed by atoms with E-state index in [1.54, 1.807) is 42.5 Å². The van der Waals surface area contributed by atoms with Gasteiger partial charge in [-0.15, -0.1) is 0 Å². The molecule has 36 heavy (non-hydrogen) atoms. The number of ketones is 1. The maximum Gasteiger partial charge on any atom is 0.337 e. The first-order chi connectivity index (χ1) is 17.3. The van der Waals surface area contributed by atoms with Crippen LogP contribution in [0.15, 0.2) is 72.3 Å². The largest absolute Gasteiger partial charge is 0.507 e. The van der Waals surface area contributed by atoms with Crippen molar-refractivity contribution in [2.24, 2.45) is 0 Å². The van der Waals surface area contributed by atoms with Crippen LogP contribution in [0.25, 0.3) is 5.76 Å². The first-order valence-electron chi connectivity index (χ1n) is 10.8. The molecule has 1 N–H and O–H groups in total. The number of ether oxygens (including phenoxy) is 3. The number of hydrogen-bond acceptors (Lipinski definition) is 7. The lowest BCUT2D eigenvalue weighted by Crippen LogP contribution is -2.29. The molecule has 0 bridgehead atoms. The summed E-state index contributed by atoms with van der Waals surface area (Å²) in [6.45, 7) is 0. The summed E-state index contributed by atoms with van der Waals surface area (Å²) < 4.78 is 15.4. The SMILES string of the molecule is COC(=O)c1ccc(N2C(=O)C(=O)/C(=C(/O)c3cc(OC)c(Cl)cc3OC)C2c2ccccc2)cc1. The Morgan fingerprint density at radius 2 is 1.56 bits per heavy atom. The summed E-state index contributed by atoms with van der Waals surface area (Å²) >= 11 is 6.20. The first-order valence-corrected chi connectivity index (χ1v) is 11.2. The number of hydrogen-bond donors (Lipinski definition) is 1. The van der Waals surface area contributed by atoms with Crippen molar-refractivity contribution < 1.29 is 33.7 Å². The lowest BCUT2D eigenvalue weighted by Gasteiger charge is -2.25. The minimum Gasteiger partial charge on any atom is -0.507 e. The Hall–Kier alpha value is -4.30. The lowest BCUT2D eigenvalue weighted by molar-refractivity contribution is -0.132. The molecule has 0 saturated carbocycles. The second-order valence-corrected chi connectivity index (χ2v) is 8.21. The fourth-order valence-electron chi connectivity index (χ4n) is 4.12. The molecule has 1 aliphatic heterocycles. The number of rotatable bonds is 6. The van der Waals surface area contributed by atoms with E-state index in [-0.39, 0.29) is 33.2 Å². The number of nitrogens with zero attached hydrogens (tertiary/aromatic N) is 1. The molecule has 1 amide bonds. The molecule has 1 heterocycles. The van der Waals surface area contributed by atoms with E-state index in [2.05, 4.69) is 0 Å². The van der Waals surface area contributed by atoms with E-state index in [4.69, 9.17) is 25.8 Å². The number of amides is 1. The molecule has 0 spiro atoms. The molecule has 1 aliphatic rings. The number of Topliss-reactive ketones (excluding diaryl/α,β-unsaturated/α-hetero) is 1. The molecular weight excluding hydrogens is 486 g/mol. The van der Waals surface area contributed by atoms with Crippen molar-refractivity contribution in [2.75, 3.05) is 26.2 Å². The van der Waals surface area contributed by atoms with Gasteiger partial charge < -0.3 is 19.3 Å². The first kappa shape index (κ1) is 24.8. The number of methoxy groups -OCH3 is 3. The zero-order valence-corrected chi connectivity index (χ0v) is 20.4. The summed E-state index contributed by atoms with van der Waals surface area (Å²) in [5, 5.41) is 11.7. The van der Waals surface area contributed by atoms with E-state index in [0.717, 1.165) is 0 Å². The third kappa shape index (κ3) is 4.27. The molecular formula is C27H22ClNO7. The Kier molecular flexibility index (Phi) is 6.98. The van der Waals surface area contributed by atoms with Crippen molar-refractivity contribution >= 4 is 40.7 Å². The fourth-order valence-corrected chi connectivity index (χ4v) is 4.35. The Labute approximate surface area is 212 Å². The second-order valence-electron chi connectivity index (χ2n) is 7.81. The van der Waals surface area contributed by atoms with Gasteiger partial charge in [0.1, 0.15) is 17.3 Å². The van der Waals surface area contributed by atoms with Crippen molar-refractivity contribution in [1.82, 2.24) is 0 Å². The van der Waals surface area contributed by atoms with E-state index >= 15 is 0 Å². The number of aliphatic hydroxyl groups is 1. The Morgan fingerprint density at radius 3 is 2.14 bits per heavy atom. The molecule has 184 valence electrons. The van der Waals surface area contributed by atoms with E-state index in [1.807, 2.05) is 0 Å². The quantitative estimate of drug-likeness (QED) is 0.222. The summed E-state index contributed by atoms with van der Waals surface area (Å²) in [7, 11) is 4.08. The summed E-state index contributed by atoms with van der Waals surface area (Å²) in [6, 6.07) is 16.8. The van der Waals surface area contributed by atoms with Crippen molar-refractivity contribution in [3.63, 3.8) is 0 Å². The molecule has 0 radical (unpaired) electrons. The molecule has 8 nitrogen and oxygen atoms in total. The van der Waals surface area contributed by atoms with Crippen LogP contribution in [0, 0.1) is 0 Å². The second kappa shape index (κ2) is 10.1. The van der Waals surface area contributed by atoms with Gasteiger partial charge in [-0.2, -0.15) is 0 Å². The summed E-state index contributed by atoms with van der Waals surface area (Å²) in [4.78, 5) is 39.8. The third-order valence-electron chi connectivity index (χ3n) is 5.86. The van der Waals surface area contributed by atoms with Gasteiger partial charge in [0.2, 0.25) is 0 Å². The standard InChI is InChI=1S/C27H22ClNO7/c1-34-20-14-19(28)21(35-2)13-18(20)24(30)22-23(15-7-5-4-6-8-15)29(26(32)25(22)31)17-11-9-16(10-12-17)27(33)36-3/h4-14,23,30H,1-3H3/b24-22+. The number of carbonyl (C=O) groups excluding carboxylic acids is 3. The normalized spacial score (nSPS) is 16.7. The number of esters is 1. The Balaban J connectivity index is 1.94. The third-order valence-corrected chi connectivity index (χ3v) is 6.15. The number of benzene rings is 3. The van der Waals surface area contributed by atoms with Gasteiger partial charge in [0.15, 0.2) is 0 Å². The smallest absolute Gasteiger partial charge is 0.337 e. The van der Waals surface area contributed by atoms with Crippen LogP contribution in [0.1, 0.15) is 27.5 Å². The van der Waals surface area contributed by atoms with Gasteiger partial charge in [0.25, 0.3) is 11.7 Å². The van der Waals surface area contributed by atoms with E-state index < -0.39 is 29.5 Å². The summed E-state index contributed by atoms with van der Waals surface area (Å²) in [5.74, 6) is -2.25. The Bertz CT molecular complexity index is 1370. The lowest BCUT2D eigenvalue weighted by atomic mass is 9.94. The predicted octanol–water partition coefficient (Wildman–Crippen LogP) is 4.77. The van der Waals surface area contributed by atoms with Crippen LogP contribution in [-0.4, -0.2) is 44.1 Å². The van der Waals surface area contributed by atoms with E-state index in [9.17, 15) is 19.5 Å². The zero-order chi connectivity index (χ0) is 26.0. The molecule has 3 aromatic rings. The molecule has 3 aromatic carbocycles. The number of aliphatic hydroxyl groups excluding tert-OH is 1.